The van der Waals surface area contributed by atoms with Gasteiger partial charge in [-0.15, -0.1) is 6.42 Å². The lowest BCUT2D eigenvalue weighted by Gasteiger charge is -2.23. The van der Waals surface area contributed by atoms with Crippen molar-refractivity contribution in [1.29, 1.82) is 0 Å². The lowest BCUT2D eigenvalue weighted by Crippen LogP contribution is -2.44. The van der Waals surface area contributed by atoms with Crippen molar-refractivity contribution in [3.05, 3.63) is 17.7 Å². The van der Waals surface area contributed by atoms with Gasteiger partial charge in [-0.05, 0) is 25.5 Å². The Morgan fingerprint density at radius 1 is 1.24 bits per heavy atom. The second kappa shape index (κ2) is 6.89. The Balaban J connectivity index is 3.20. The Kier molecular flexibility index (Phi) is 5.48. The first kappa shape index (κ1) is 16.7. The molecule has 114 valence electrons. The molecule has 0 unspecified atom stereocenters. The SMILES string of the molecule is C#C[C@@](C)(CC)NC(=O)c1cc(OC)c(OC)c(OC)c1. The largest absolute Gasteiger partial charge is 0.493 e. The van der Waals surface area contributed by atoms with Crippen LogP contribution in [0.4, 0.5) is 0 Å². The monoisotopic (exact) mass is 291 g/mol. The van der Waals surface area contributed by atoms with Crippen molar-refractivity contribution in [3.63, 3.8) is 0 Å². The smallest absolute Gasteiger partial charge is 0.252 e. The van der Waals surface area contributed by atoms with Gasteiger partial charge in [0.2, 0.25) is 5.75 Å². The predicted octanol–water partition coefficient (Wildman–Crippen LogP) is 2.24. The Morgan fingerprint density at radius 3 is 2.10 bits per heavy atom. The highest BCUT2D eigenvalue weighted by atomic mass is 16.5. The third-order valence-corrected chi connectivity index (χ3v) is 3.34. The van der Waals surface area contributed by atoms with Gasteiger partial charge in [-0.1, -0.05) is 12.8 Å². The van der Waals surface area contributed by atoms with Crippen molar-refractivity contribution in [1.82, 2.24) is 5.32 Å². The molecule has 0 bridgehead atoms. The summed E-state index contributed by atoms with van der Waals surface area (Å²) in [6.45, 7) is 3.71. The molecule has 1 aromatic carbocycles. The van der Waals surface area contributed by atoms with E-state index in [1.54, 1.807) is 19.1 Å². The fourth-order valence-electron chi connectivity index (χ4n) is 1.76. The molecule has 1 rings (SSSR count). The average Bonchev–Trinajstić information content (AvgIpc) is 2.52. The highest BCUT2D eigenvalue weighted by molar-refractivity contribution is 5.96. The maximum absolute atomic E-state index is 12.4. The number of amides is 1. The molecule has 0 radical (unpaired) electrons. The van der Waals surface area contributed by atoms with Crippen LogP contribution in [0.15, 0.2) is 12.1 Å². The minimum Gasteiger partial charge on any atom is -0.493 e. The summed E-state index contributed by atoms with van der Waals surface area (Å²) in [5.41, 5.74) is -0.309. The zero-order valence-corrected chi connectivity index (χ0v) is 13.1. The van der Waals surface area contributed by atoms with Crippen LogP contribution in [0.1, 0.15) is 30.6 Å². The molecule has 0 aromatic heterocycles. The molecule has 0 spiro atoms. The summed E-state index contributed by atoms with van der Waals surface area (Å²) < 4.78 is 15.7. The molecule has 0 saturated heterocycles. The van der Waals surface area contributed by atoms with Crippen LogP contribution in [0, 0.1) is 12.3 Å². The first-order valence-corrected chi connectivity index (χ1v) is 6.55. The van der Waals surface area contributed by atoms with Gasteiger partial charge in [0, 0.05) is 5.56 Å². The van der Waals surface area contributed by atoms with E-state index in [-0.39, 0.29) is 5.91 Å². The molecule has 1 atom stereocenters. The summed E-state index contributed by atoms with van der Waals surface area (Å²) in [7, 11) is 4.50. The van der Waals surface area contributed by atoms with E-state index in [2.05, 4.69) is 11.2 Å². The first-order chi connectivity index (χ1) is 9.94. The molecule has 21 heavy (non-hydrogen) atoms. The van der Waals surface area contributed by atoms with Crippen LogP contribution in [0.25, 0.3) is 0 Å². The number of benzene rings is 1. The predicted molar refractivity (Wildman–Crippen MR) is 81.1 cm³/mol. The van der Waals surface area contributed by atoms with Crippen LogP contribution in [-0.4, -0.2) is 32.8 Å². The lowest BCUT2D eigenvalue weighted by molar-refractivity contribution is 0.0923. The molecule has 0 aliphatic carbocycles. The van der Waals surface area contributed by atoms with E-state index in [0.717, 1.165) is 0 Å². The highest BCUT2D eigenvalue weighted by Crippen LogP contribution is 2.38. The molecular formula is C16H21NO4. The normalized spacial score (nSPS) is 12.8. The van der Waals surface area contributed by atoms with Gasteiger partial charge in [-0.3, -0.25) is 4.79 Å². The van der Waals surface area contributed by atoms with Gasteiger partial charge in [-0.2, -0.15) is 0 Å². The fraction of sp³-hybridized carbons (Fsp3) is 0.438. The van der Waals surface area contributed by atoms with Gasteiger partial charge in [0.25, 0.3) is 5.91 Å². The standard InChI is InChI=1S/C16H21NO4/c1-7-16(3,8-2)17-15(18)11-9-12(19-4)14(21-6)13(10-11)20-5/h1,9-10H,8H2,2-6H3,(H,17,18)/t16-/m0/s1. The van der Waals surface area contributed by atoms with E-state index in [1.165, 1.54) is 21.3 Å². The number of hydrogen-bond donors (Lipinski definition) is 1. The van der Waals surface area contributed by atoms with Crippen LogP contribution < -0.4 is 19.5 Å². The molecule has 0 aliphatic rings. The number of rotatable bonds is 6. The zero-order valence-electron chi connectivity index (χ0n) is 13.1. The van der Waals surface area contributed by atoms with Gasteiger partial charge in [0.15, 0.2) is 11.5 Å². The maximum atomic E-state index is 12.4. The summed E-state index contributed by atoms with van der Waals surface area (Å²) in [6, 6.07) is 3.17. The van der Waals surface area contributed by atoms with Crippen LogP contribution in [0.2, 0.25) is 0 Å². The van der Waals surface area contributed by atoms with Crippen molar-refractivity contribution in [2.45, 2.75) is 25.8 Å². The van der Waals surface area contributed by atoms with E-state index in [4.69, 9.17) is 20.6 Å². The minimum atomic E-state index is -0.697. The van der Waals surface area contributed by atoms with Crippen LogP contribution in [0.5, 0.6) is 17.2 Å². The number of methoxy groups -OCH3 is 3. The van der Waals surface area contributed by atoms with Crippen LogP contribution >= 0.6 is 0 Å². The molecular weight excluding hydrogens is 270 g/mol. The number of carbonyl (C=O) groups is 1. The van der Waals surface area contributed by atoms with Gasteiger partial charge < -0.3 is 19.5 Å². The van der Waals surface area contributed by atoms with Crippen LogP contribution in [0.3, 0.4) is 0 Å². The van der Waals surface area contributed by atoms with Crippen molar-refractivity contribution in [3.8, 4) is 29.6 Å². The van der Waals surface area contributed by atoms with Crippen molar-refractivity contribution < 1.29 is 19.0 Å². The van der Waals surface area contributed by atoms with Gasteiger partial charge >= 0.3 is 0 Å². The molecule has 5 heteroatoms. The number of carbonyl (C=O) groups excluding carboxylic acids is 1. The Morgan fingerprint density at radius 2 is 1.76 bits per heavy atom. The molecule has 1 aromatic rings. The van der Waals surface area contributed by atoms with E-state index >= 15 is 0 Å². The molecule has 0 fully saturated rings. The molecule has 0 aliphatic heterocycles. The third kappa shape index (κ3) is 3.60. The lowest BCUT2D eigenvalue weighted by atomic mass is 9.99. The molecule has 0 saturated carbocycles. The maximum Gasteiger partial charge on any atom is 0.252 e. The Bertz CT molecular complexity index is 537. The van der Waals surface area contributed by atoms with Gasteiger partial charge in [0.05, 0.1) is 26.9 Å². The summed E-state index contributed by atoms with van der Waals surface area (Å²) in [4.78, 5) is 12.4. The summed E-state index contributed by atoms with van der Waals surface area (Å²) in [5, 5.41) is 2.82. The summed E-state index contributed by atoms with van der Waals surface area (Å²) >= 11 is 0. The molecule has 0 heterocycles. The van der Waals surface area contributed by atoms with E-state index in [9.17, 15) is 4.79 Å². The summed E-state index contributed by atoms with van der Waals surface area (Å²) in [5.74, 6) is 3.57. The Hall–Kier alpha value is -2.35. The van der Waals surface area contributed by atoms with Gasteiger partial charge in [0.1, 0.15) is 0 Å². The quantitative estimate of drug-likeness (QED) is 0.817. The molecule has 5 nitrogen and oxygen atoms in total. The number of ether oxygens (including phenoxy) is 3. The first-order valence-electron chi connectivity index (χ1n) is 6.55. The number of nitrogens with one attached hydrogen (secondary N) is 1. The third-order valence-electron chi connectivity index (χ3n) is 3.34. The van der Waals surface area contributed by atoms with E-state index in [0.29, 0.717) is 29.2 Å². The van der Waals surface area contributed by atoms with Crippen molar-refractivity contribution in [2.24, 2.45) is 0 Å². The molecule has 1 amide bonds. The topological polar surface area (TPSA) is 56.8 Å². The van der Waals surface area contributed by atoms with Crippen LogP contribution in [-0.2, 0) is 0 Å². The number of terminal acetylenes is 1. The molecule has 1 N–H and O–H groups in total. The second-order valence-corrected chi connectivity index (χ2v) is 4.70. The average molecular weight is 291 g/mol. The highest BCUT2D eigenvalue weighted by Gasteiger charge is 2.24. The van der Waals surface area contributed by atoms with Gasteiger partial charge in [-0.25, -0.2) is 0 Å². The Labute approximate surface area is 125 Å². The van der Waals surface area contributed by atoms with Crippen molar-refractivity contribution >= 4 is 5.91 Å². The zero-order chi connectivity index (χ0) is 16.0. The second-order valence-electron chi connectivity index (χ2n) is 4.70. The fourth-order valence-corrected chi connectivity index (χ4v) is 1.76. The number of hydrogen-bond acceptors (Lipinski definition) is 4. The van der Waals surface area contributed by atoms with E-state index in [1.807, 2.05) is 6.92 Å². The summed E-state index contributed by atoms with van der Waals surface area (Å²) in [6.07, 6.45) is 6.09. The minimum absolute atomic E-state index is 0.295. The van der Waals surface area contributed by atoms with E-state index < -0.39 is 5.54 Å². The van der Waals surface area contributed by atoms with Crippen molar-refractivity contribution in [2.75, 3.05) is 21.3 Å².